The van der Waals surface area contributed by atoms with Crippen LogP contribution in [0.4, 0.5) is 5.69 Å². The number of aromatic amines is 1. The maximum Gasteiger partial charge on any atom is 0.338 e. The lowest BCUT2D eigenvalue weighted by Gasteiger charge is -2.36. The number of imidazole rings is 1. The third-order valence-electron chi connectivity index (χ3n) is 5.79. The highest BCUT2D eigenvalue weighted by molar-refractivity contribution is 6.30. The summed E-state index contributed by atoms with van der Waals surface area (Å²) in [5, 5.41) is 0.685. The van der Waals surface area contributed by atoms with Gasteiger partial charge in [0.2, 0.25) is 0 Å². The minimum atomic E-state index is -0.551. The standard InChI is InChI=1S/C25H22ClN5O3/c26-19-4-1-5-20(14-19)30-9-11-31(12-10-30)23(32)16-34-25(33)17-6-7-21-22(13-17)29-24(28-21)18-3-2-8-27-15-18/h1-8,13-15H,9-12,16H2,(H,28,29). The number of hydrogen-bond acceptors (Lipinski definition) is 6. The molecule has 0 saturated carbocycles. The lowest BCUT2D eigenvalue weighted by atomic mass is 10.2. The van der Waals surface area contributed by atoms with Crippen molar-refractivity contribution in [2.24, 2.45) is 0 Å². The first kappa shape index (κ1) is 21.9. The second kappa shape index (κ2) is 9.52. The fraction of sp³-hybridized carbons (Fsp3) is 0.200. The van der Waals surface area contributed by atoms with Crippen LogP contribution in [0.2, 0.25) is 5.02 Å². The van der Waals surface area contributed by atoms with Gasteiger partial charge in [-0.15, -0.1) is 0 Å². The molecule has 5 rings (SSSR count). The fourth-order valence-electron chi connectivity index (χ4n) is 3.96. The number of rotatable bonds is 5. The summed E-state index contributed by atoms with van der Waals surface area (Å²) in [6.45, 7) is 2.20. The number of aromatic nitrogens is 3. The highest BCUT2D eigenvalue weighted by Gasteiger charge is 2.23. The molecule has 0 unspecified atom stereocenters. The van der Waals surface area contributed by atoms with Crippen LogP contribution in [-0.2, 0) is 9.53 Å². The number of hydrogen-bond donors (Lipinski definition) is 1. The summed E-state index contributed by atoms with van der Waals surface area (Å²) in [4.78, 5) is 40.9. The summed E-state index contributed by atoms with van der Waals surface area (Å²) in [6, 6.07) is 16.5. The van der Waals surface area contributed by atoms with Gasteiger partial charge in [0.25, 0.3) is 5.91 Å². The second-order valence-electron chi connectivity index (χ2n) is 7.98. The van der Waals surface area contributed by atoms with Crippen LogP contribution in [-0.4, -0.2) is 64.5 Å². The average Bonchev–Trinajstić information content (AvgIpc) is 3.31. The molecular formula is C25H22ClN5O3. The van der Waals surface area contributed by atoms with Gasteiger partial charge < -0.3 is 19.5 Å². The van der Waals surface area contributed by atoms with Crippen molar-refractivity contribution in [1.82, 2.24) is 19.9 Å². The fourth-order valence-corrected chi connectivity index (χ4v) is 4.15. The molecule has 2 aromatic heterocycles. The molecule has 1 N–H and O–H groups in total. The van der Waals surface area contributed by atoms with E-state index in [4.69, 9.17) is 16.3 Å². The van der Waals surface area contributed by atoms with E-state index in [2.05, 4.69) is 19.9 Å². The van der Waals surface area contributed by atoms with E-state index in [0.29, 0.717) is 48.1 Å². The van der Waals surface area contributed by atoms with Crippen molar-refractivity contribution in [2.45, 2.75) is 0 Å². The van der Waals surface area contributed by atoms with E-state index in [0.717, 1.165) is 16.8 Å². The van der Waals surface area contributed by atoms with Crippen molar-refractivity contribution in [3.8, 4) is 11.4 Å². The topological polar surface area (TPSA) is 91.4 Å². The molecule has 1 aliphatic heterocycles. The Hall–Kier alpha value is -3.91. The van der Waals surface area contributed by atoms with Gasteiger partial charge in [-0.1, -0.05) is 17.7 Å². The normalized spacial score (nSPS) is 13.8. The summed E-state index contributed by atoms with van der Waals surface area (Å²) < 4.78 is 5.31. The molecule has 2 aromatic carbocycles. The monoisotopic (exact) mass is 475 g/mol. The van der Waals surface area contributed by atoms with E-state index < -0.39 is 5.97 Å². The van der Waals surface area contributed by atoms with Crippen LogP contribution in [0.3, 0.4) is 0 Å². The van der Waals surface area contributed by atoms with E-state index in [1.807, 2.05) is 36.4 Å². The Morgan fingerprint density at radius 3 is 2.65 bits per heavy atom. The molecule has 8 nitrogen and oxygen atoms in total. The number of anilines is 1. The quantitative estimate of drug-likeness (QED) is 0.442. The predicted octanol–water partition coefficient (Wildman–Crippen LogP) is 3.78. The molecule has 1 amide bonds. The summed E-state index contributed by atoms with van der Waals surface area (Å²) in [5.41, 5.74) is 3.67. The lowest BCUT2D eigenvalue weighted by molar-refractivity contribution is -0.134. The first-order chi connectivity index (χ1) is 16.6. The van der Waals surface area contributed by atoms with Crippen molar-refractivity contribution >= 4 is 40.2 Å². The molecule has 9 heteroatoms. The number of piperazine rings is 1. The number of nitrogens with one attached hydrogen (secondary N) is 1. The summed E-state index contributed by atoms with van der Waals surface area (Å²) >= 11 is 6.08. The van der Waals surface area contributed by atoms with Crippen molar-refractivity contribution in [3.63, 3.8) is 0 Å². The lowest BCUT2D eigenvalue weighted by Crippen LogP contribution is -2.49. The third kappa shape index (κ3) is 4.72. The van der Waals surface area contributed by atoms with E-state index in [1.54, 1.807) is 35.5 Å². The Morgan fingerprint density at radius 2 is 1.88 bits per heavy atom. The molecule has 1 aliphatic rings. The third-order valence-corrected chi connectivity index (χ3v) is 6.02. The first-order valence-electron chi connectivity index (χ1n) is 10.9. The SMILES string of the molecule is O=C(OCC(=O)N1CCN(c2cccc(Cl)c2)CC1)c1ccc2nc(-c3cccnc3)[nH]c2c1. The van der Waals surface area contributed by atoms with Crippen LogP contribution in [0.1, 0.15) is 10.4 Å². The minimum absolute atomic E-state index is 0.208. The Morgan fingerprint density at radius 1 is 1.03 bits per heavy atom. The van der Waals surface area contributed by atoms with Crippen molar-refractivity contribution in [2.75, 3.05) is 37.7 Å². The smallest absolute Gasteiger partial charge is 0.338 e. The number of carbonyl (C=O) groups is 2. The number of pyridine rings is 1. The van der Waals surface area contributed by atoms with Crippen molar-refractivity contribution in [1.29, 1.82) is 0 Å². The molecule has 1 fully saturated rings. The zero-order chi connectivity index (χ0) is 23.5. The van der Waals surface area contributed by atoms with Crippen molar-refractivity contribution in [3.05, 3.63) is 77.6 Å². The summed E-state index contributed by atoms with van der Waals surface area (Å²) in [7, 11) is 0. The molecule has 4 aromatic rings. The van der Waals surface area contributed by atoms with Gasteiger partial charge in [0.05, 0.1) is 16.6 Å². The molecule has 0 radical (unpaired) electrons. The number of amides is 1. The Balaban J connectivity index is 1.17. The first-order valence-corrected chi connectivity index (χ1v) is 11.3. The Kier molecular flexibility index (Phi) is 6.14. The average molecular weight is 476 g/mol. The van der Waals surface area contributed by atoms with Crippen LogP contribution in [0.25, 0.3) is 22.4 Å². The predicted molar refractivity (Wildman–Crippen MR) is 130 cm³/mol. The van der Waals surface area contributed by atoms with Gasteiger partial charge in [0, 0.05) is 54.8 Å². The van der Waals surface area contributed by atoms with Crippen LogP contribution in [0.5, 0.6) is 0 Å². The largest absolute Gasteiger partial charge is 0.452 e. The number of nitrogens with zero attached hydrogens (tertiary/aromatic N) is 4. The van der Waals surface area contributed by atoms with Crippen molar-refractivity contribution < 1.29 is 14.3 Å². The molecular weight excluding hydrogens is 454 g/mol. The van der Waals surface area contributed by atoms with Gasteiger partial charge >= 0.3 is 5.97 Å². The molecule has 3 heterocycles. The van der Waals surface area contributed by atoms with Gasteiger partial charge in [-0.05, 0) is 48.5 Å². The van der Waals surface area contributed by atoms with Crippen LogP contribution in [0.15, 0.2) is 67.0 Å². The highest BCUT2D eigenvalue weighted by atomic mass is 35.5. The van der Waals surface area contributed by atoms with Crippen LogP contribution < -0.4 is 4.90 Å². The van der Waals surface area contributed by atoms with Gasteiger partial charge in [-0.25, -0.2) is 9.78 Å². The molecule has 172 valence electrons. The summed E-state index contributed by atoms with van der Waals surface area (Å²) in [5.74, 6) is -0.0911. The number of H-pyrrole nitrogens is 1. The van der Waals surface area contributed by atoms with Gasteiger partial charge in [0.15, 0.2) is 6.61 Å². The van der Waals surface area contributed by atoms with E-state index >= 15 is 0 Å². The minimum Gasteiger partial charge on any atom is -0.452 e. The Bertz CT molecular complexity index is 1330. The second-order valence-corrected chi connectivity index (χ2v) is 8.42. The zero-order valence-electron chi connectivity index (χ0n) is 18.3. The number of benzene rings is 2. The molecule has 0 spiro atoms. The Labute approximate surface area is 201 Å². The maximum absolute atomic E-state index is 12.6. The molecule has 34 heavy (non-hydrogen) atoms. The van der Waals surface area contributed by atoms with Gasteiger partial charge in [-0.2, -0.15) is 0 Å². The number of esters is 1. The number of carbonyl (C=O) groups excluding carboxylic acids is 2. The zero-order valence-corrected chi connectivity index (χ0v) is 19.0. The van der Waals surface area contributed by atoms with E-state index in [1.165, 1.54) is 0 Å². The number of ether oxygens (including phenoxy) is 1. The molecule has 0 aliphatic carbocycles. The highest BCUT2D eigenvalue weighted by Crippen LogP contribution is 2.22. The van der Waals surface area contributed by atoms with Crippen LogP contribution >= 0.6 is 11.6 Å². The van der Waals surface area contributed by atoms with E-state index in [9.17, 15) is 9.59 Å². The van der Waals surface area contributed by atoms with Gasteiger partial charge in [-0.3, -0.25) is 9.78 Å². The molecule has 0 atom stereocenters. The number of halogens is 1. The molecule has 1 saturated heterocycles. The molecule has 0 bridgehead atoms. The maximum atomic E-state index is 12.6. The number of fused-ring (bicyclic) bond motifs is 1. The van der Waals surface area contributed by atoms with E-state index in [-0.39, 0.29) is 12.5 Å². The van der Waals surface area contributed by atoms with Gasteiger partial charge in [0.1, 0.15) is 5.82 Å². The summed E-state index contributed by atoms with van der Waals surface area (Å²) in [6.07, 6.45) is 3.41. The van der Waals surface area contributed by atoms with Crippen LogP contribution in [0, 0.1) is 0 Å².